The lowest BCUT2D eigenvalue weighted by Crippen LogP contribution is -2.28. The van der Waals surface area contributed by atoms with Crippen LogP contribution in [0.5, 0.6) is 5.75 Å². The van der Waals surface area contributed by atoms with Crippen LogP contribution in [0.1, 0.15) is 21.6 Å². The Labute approximate surface area is 114 Å². The maximum atomic E-state index is 12.7. The lowest BCUT2D eigenvalue weighted by molar-refractivity contribution is 0.0949. The highest BCUT2D eigenvalue weighted by atomic mass is 19.1. The standard InChI is InChI=1S/C14H13FN2O3/c1-8-12(18)13(19)11(7-16-8)14(20)17-6-9-2-4-10(15)5-3-9/h2-5,7,18H,6H2,1H3,(H,16,19)(H,17,20). The number of aromatic amines is 1. The van der Waals surface area contributed by atoms with Crippen molar-refractivity contribution in [3.63, 3.8) is 0 Å². The van der Waals surface area contributed by atoms with Gasteiger partial charge in [0.1, 0.15) is 11.4 Å². The molecule has 0 aliphatic carbocycles. The number of pyridine rings is 1. The zero-order valence-electron chi connectivity index (χ0n) is 10.7. The van der Waals surface area contributed by atoms with Crippen molar-refractivity contribution >= 4 is 5.91 Å². The van der Waals surface area contributed by atoms with Crippen LogP contribution in [0.3, 0.4) is 0 Å². The van der Waals surface area contributed by atoms with Crippen LogP contribution >= 0.6 is 0 Å². The molecule has 0 saturated heterocycles. The first-order chi connectivity index (χ1) is 9.49. The molecule has 0 unspecified atom stereocenters. The van der Waals surface area contributed by atoms with Gasteiger partial charge < -0.3 is 15.4 Å². The van der Waals surface area contributed by atoms with Crippen molar-refractivity contribution in [1.29, 1.82) is 0 Å². The van der Waals surface area contributed by atoms with Gasteiger partial charge in [-0.2, -0.15) is 0 Å². The van der Waals surface area contributed by atoms with E-state index in [2.05, 4.69) is 10.3 Å². The zero-order valence-corrected chi connectivity index (χ0v) is 10.7. The molecule has 0 spiro atoms. The number of aromatic nitrogens is 1. The van der Waals surface area contributed by atoms with E-state index in [0.29, 0.717) is 11.3 Å². The molecule has 0 aliphatic rings. The van der Waals surface area contributed by atoms with Gasteiger partial charge in [-0.15, -0.1) is 0 Å². The minimum Gasteiger partial charge on any atom is -0.503 e. The van der Waals surface area contributed by atoms with Crippen molar-refractivity contribution in [1.82, 2.24) is 10.3 Å². The Morgan fingerprint density at radius 3 is 2.65 bits per heavy atom. The third-order valence-electron chi connectivity index (χ3n) is 2.86. The Morgan fingerprint density at radius 1 is 1.35 bits per heavy atom. The Balaban J connectivity index is 2.11. The van der Waals surface area contributed by atoms with Gasteiger partial charge >= 0.3 is 0 Å². The number of aryl methyl sites for hydroxylation is 1. The van der Waals surface area contributed by atoms with Crippen LogP contribution < -0.4 is 10.7 Å². The van der Waals surface area contributed by atoms with Crippen molar-refractivity contribution in [2.24, 2.45) is 0 Å². The molecule has 5 nitrogen and oxygen atoms in total. The number of aromatic hydroxyl groups is 1. The van der Waals surface area contributed by atoms with Gasteiger partial charge in [-0.1, -0.05) is 12.1 Å². The van der Waals surface area contributed by atoms with E-state index < -0.39 is 17.1 Å². The molecule has 3 N–H and O–H groups in total. The van der Waals surface area contributed by atoms with E-state index in [4.69, 9.17) is 0 Å². The van der Waals surface area contributed by atoms with E-state index in [0.717, 1.165) is 0 Å². The van der Waals surface area contributed by atoms with Crippen LogP contribution in [0, 0.1) is 12.7 Å². The first-order valence-electron chi connectivity index (χ1n) is 5.93. The molecule has 104 valence electrons. The third kappa shape index (κ3) is 2.85. The molecule has 1 aromatic carbocycles. The minimum absolute atomic E-state index is 0.160. The van der Waals surface area contributed by atoms with Gasteiger partial charge in [-0.3, -0.25) is 9.59 Å². The summed E-state index contributed by atoms with van der Waals surface area (Å²) in [6.07, 6.45) is 1.25. The molecule has 0 fully saturated rings. The quantitative estimate of drug-likeness (QED) is 0.793. The fourth-order valence-corrected chi connectivity index (χ4v) is 1.66. The number of nitrogens with one attached hydrogen (secondary N) is 2. The van der Waals surface area contributed by atoms with E-state index >= 15 is 0 Å². The van der Waals surface area contributed by atoms with Crippen molar-refractivity contribution in [2.75, 3.05) is 0 Å². The number of amides is 1. The summed E-state index contributed by atoms with van der Waals surface area (Å²) in [5.74, 6) is -1.44. The maximum Gasteiger partial charge on any atom is 0.257 e. The summed E-state index contributed by atoms with van der Waals surface area (Å²) in [7, 11) is 0. The number of carbonyl (C=O) groups is 1. The highest BCUT2D eigenvalue weighted by Crippen LogP contribution is 2.07. The van der Waals surface area contributed by atoms with Gasteiger partial charge in [0.2, 0.25) is 5.43 Å². The van der Waals surface area contributed by atoms with E-state index in [-0.39, 0.29) is 17.9 Å². The second kappa shape index (κ2) is 5.56. The predicted octanol–water partition coefficient (Wildman–Crippen LogP) is 1.46. The summed E-state index contributed by atoms with van der Waals surface area (Å²) in [5.41, 5.74) is 0.102. The molecule has 2 aromatic rings. The van der Waals surface area contributed by atoms with Crippen LogP contribution in [0.15, 0.2) is 35.3 Å². The number of carbonyl (C=O) groups excluding carboxylic acids is 1. The lowest BCUT2D eigenvalue weighted by atomic mass is 10.2. The Hall–Kier alpha value is -2.63. The highest BCUT2D eigenvalue weighted by Gasteiger charge is 2.14. The smallest absolute Gasteiger partial charge is 0.257 e. The summed E-state index contributed by atoms with van der Waals surface area (Å²) < 4.78 is 12.7. The molecule has 0 bridgehead atoms. The Kier molecular flexibility index (Phi) is 3.84. The average Bonchev–Trinajstić information content (AvgIpc) is 2.44. The van der Waals surface area contributed by atoms with E-state index in [9.17, 15) is 19.1 Å². The molecule has 2 rings (SSSR count). The van der Waals surface area contributed by atoms with Gasteiger partial charge in [0.05, 0.1) is 5.69 Å². The summed E-state index contributed by atoms with van der Waals surface area (Å²) in [6, 6.07) is 5.64. The molecule has 1 heterocycles. The number of H-pyrrole nitrogens is 1. The molecule has 6 heteroatoms. The summed E-state index contributed by atoms with van der Waals surface area (Å²) in [4.78, 5) is 26.2. The summed E-state index contributed by atoms with van der Waals surface area (Å²) >= 11 is 0. The van der Waals surface area contributed by atoms with Crippen molar-refractivity contribution < 1.29 is 14.3 Å². The van der Waals surface area contributed by atoms with Crippen LogP contribution in [0.25, 0.3) is 0 Å². The van der Waals surface area contributed by atoms with Gasteiger partial charge in [-0.25, -0.2) is 4.39 Å². The number of benzene rings is 1. The molecule has 20 heavy (non-hydrogen) atoms. The van der Waals surface area contributed by atoms with Crippen molar-refractivity contribution in [3.8, 4) is 5.75 Å². The summed E-state index contributed by atoms with van der Waals surface area (Å²) in [5, 5.41) is 12.0. The van der Waals surface area contributed by atoms with Crippen LogP contribution in [0.2, 0.25) is 0 Å². The van der Waals surface area contributed by atoms with Crippen LogP contribution in [0.4, 0.5) is 4.39 Å². The molecule has 0 aliphatic heterocycles. The first-order valence-corrected chi connectivity index (χ1v) is 5.93. The second-order valence-electron chi connectivity index (χ2n) is 4.31. The van der Waals surface area contributed by atoms with E-state index in [1.54, 1.807) is 0 Å². The highest BCUT2D eigenvalue weighted by molar-refractivity contribution is 5.94. The van der Waals surface area contributed by atoms with Crippen molar-refractivity contribution in [3.05, 3.63) is 63.3 Å². The number of hydrogen-bond donors (Lipinski definition) is 3. The SMILES string of the molecule is Cc1[nH]cc(C(=O)NCc2ccc(F)cc2)c(=O)c1O. The first kappa shape index (κ1) is 13.8. The second-order valence-corrected chi connectivity index (χ2v) is 4.31. The lowest BCUT2D eigenvalue weighted by Gasteiger charge is -2.06. The van der Waals surface area contributed by atoms with E-state index in [1.165, 1.54) is 37.4 Å². The number of halogens is 1. The predicted molar refractivity (Wildman–Crippen MR) is 71.0 cm³/mol. The monoisotopic (exact) mass is 276 g/mol. The van der Waals surface area contributed by atoms with Gasteiger partial charge in [0.25, 0.3) is 5.91 Å². The van der Waals surface area contributed by atoms with Gasteiger partial charge in [0.15, 0.2) is 5.75 Å². The number of rotatable bonds is 3. The molecular formula is C14H13FN2O3. The minimum atomic E-state index is -0.724. The van der Waals surface area contributed by atoms with Crippen molar-refractivity contribution in [2.45, 2.75) is 13.5 Å². The summed E-state index contributed by atoms with van der Waals surface area (Å²) in [6.45, 7) is 1.68. The van der Waals surface area contributed by atoms with E-state index in [1.807, 2.05) is 0 Å². The zero-order chi connectivity index (χ0) is 14.7. The van der Waals surface area contributed by atoms with Crippen LogP contribution in [-0.2, 0) is 6.54 Å². The Morgan fingerprint density at radius 2 is 2.00 bits per heavy atom. The normalized spacial score (nSPS) is 10.3. The van der Waals surface area contributed by atoms with Gasteiger partial charge in [-0.05, 0) is 24.6 Å². The fourth-order valence-electron chi connectivity index (χ4n) is 1.66. The molecule has 1 aromatic heterocycles. The number of hydrogen-bond acceptors (Lipinski definition) is 3. The fraction of sp³-hybridized carbons (Fsp3) is 0.143. The average molecular weight is 276 g/mol. The largest absolute Gasteiger partial charge is 0.503 e. The maximum absolute atomic E-state index is 12.7. The third-order valence-corrected chi connectivity index (χ3v) is 2.86. The molecule has 1 amide bonds. The van der Waals surface area contributed by atoms with Crippen LogP contribution in [-0.4, -0.2) is 16.0 Å². The molecule has 0 radical (unpaired) electrons. The topological polar surface area (TPSA) is 82.2 Å². The molecule has 0 saturated carbocycles. The molecule has 0 atom stereocenters. The van der Waals surface area contributed by atoms with Gasteiger partial charge in [0, 0.05) is 12.7 Å². The Bertz CT molecular complexity index is 693. The molecular weight excluding hydrogens is 263 g/mol.